The Morgan fingerprint density at radius 3 is 2.72 bits per heavy atom. The SMILES string of the molecule is CCOc1ccc2c(c1)c(C(=O)O)c(Cl)n2CC. The number of hydrogen-bond donors (Lipinski definition) is 1. The van der Waals surface area contributed by atoms with Gasteiger partial charge in [0, 0.05) is 11.9 Å². The zero-order chi connectivity index (χ0) is 13.3. The molecule has 1 aromatic heterocycles. The van der Waals surface area contributed by atoms with Gasteiger partial charge in [0.1, 0.15) is 16.5 Å². The Kier molecular flexibility index (Phi) is 3.48. The lowest BCUT2D eigenvalue weighted by Gasteiger charge is -2.04. The molecule has 0 spiro atoms. The maximum atomic E-state index is 11.3. The monoisotopic (exact) mass is 267 g/mol. The molecule has 0 aliphatic carbocycles. The van der Waals surface area contributed by atoms with Crippen LogP contribution in [0.1, 0.15) is 24.2 Å². The molecule has 0 bridgehead atoms. The molecule has 96 valence electrons. The highest BCUT2D eigenvalue weighted by atomic mass is 35.5. The maximum Gasteiger partial charge on any atom is 0.339 e. The van der Waals surface area contributed by atoms with E-state index < -0.39 is 5.97 Å². The number of rotatable bonds is 4. The third kappa shape index (κ3) is 1.93. The van der Waals surface area contributed by atoms with Crippen LogP contribution in [-0.2, 0) is 6.54 Å². The van der Waals surface area contributed by atoms with Crippen LogP contribution in [0.2, 0.25) is 5.15 Å². The lowest BCUT2D eigenvalue weighted by Crippen LogP contribution is -1.98. The van der Waals surface area contributed by atoms with Crippen LogP contribution in [0, 0.1) is 0 Å². The number of carbonyl (C=O) groups is 1. The van der Waals surface area contributed by atoms with Crippen LogP contribution in [0.4, 0.5) is 0 Å². The summed E-state index contributed by atoms with van der Waals surface area (Å²) in [6.45, 7) is 4.96. The number of hydrogen-bond acceptors (Lipinski definition) is 2. The number of nitrogens with zero attached hydrogens (tertiary/aromatic N) is 1. The average Bonchev–Trinajstić information content (AvgIpc) is 2.60. The van der Waals surface area contributed by atoms with Crippen molar-refractivity contribution >= 4 is 28.5 Å². The summed E-state index contributed by atoms with van der Waals surface area (Å²) >= 11 is 6.12. The quantitative estimate of drug-likeness (QED) is 0.923. The molecular weight excluding hydrogens is 254 g/mol. The molecule has 0 atom stereocenters. The van der Waals surface area contributed by atoms with Gasteiger partial charge >= 0.3 is 5.97 Å². The first kappa shape index (κ1) is 12.8. The van der Waals surface area contributed by atoms with Crippen molar-refractivity contribution in [2.24, 2.45) is 0 Å². The Balaban J connectivity index is 2.75. The summed E-state index contributed by atoms with van der Waals surface area (Å²) in [4.78, 5) is 11.3. The Morgan fingerprint density at radius 1 is 1.44 bits per heavy atom. The summed E-state index contributed by atoms with van der Waals surface area (Å²) in [5, 5.41) is 10.1. The molecule has 1 aromatic carbocycles. The van der Waals surface area contributed by atoms with Gasteiger partial charge in [0.25, 0.3) is 0 Å². The third-order valence-corrected chi connectivity index (χ3v) is 3.21. The highest BCUT2D eigenvalue weighted by Crippen LogP contribution is 2.32. The fourth-order valence-corrected chi connectivity index (χ4v) is 2.46. The van der Waals surface area contributed by atoms with Crippen molar-refractivity contribution in [1.82, 2.24) is 4.57 Å². The second-order valence-corrected chi connectivity index (χ2v) is 4.19. The second kappa shape index (κ2) is 4.90. The van der Waals surface area contributed by atoms with Crippen molar-refractivity contribution in [2.75, 3.05) is 6.61 Å². The van der Waals surface area contributed by atoms with Crippen LogP contribution in [0.5, 0.6) is 5.75 Å². The van der Waals surface area contributed by atoms with Gasteiger partial charge in [-0.2, -0.15) is 0 Å². The summed E-state index contributed by atoms with van der Waals surface area (Å²) in [5.41, 5.74) is 0.943. The lowest BCUT2D eigenvalue weighted by atomic mass is 10.1. The smallest absolute Gasteiger partial charge is 0.339 e. The van der Waals surface area contributed by atoms with Crippen molar-refractivity contribution < 1.29 is 14.6 Å². The van der Waals surface area contributed by atoms with E-state index in [0.717, 1.165) is 5.52 Å². The largest absolute Gasteiger partial charge is 0.494 e. The number of fused-ring (bicyclic) bond motifs is 1. The first-order chi connectivity index (χ1) is 8.60. The lowest BCUT2D eigenvalue weighted by molar-refractivity contribution is 0.0699. The molecule has 1 heterocycles. The van der Waals surface area contributed by atoms with Gasteiger partial charge in [0.2, 0.25) is 0 Å². The van der Waals surface area contributed by atoms with E-state index in [4.69, 9.17) is 16.3 Å². The molecule has 0 amide bonds. The highest BCUT2D eigenvalue weighted by molar-refractivity contribution is 6.35. The minimum atomic E-state index is -1.02. The fourth-order valence-electron chi connectivity index (χ4n) is 2.07. The van der Waals surface area contributed by atoms with Gasteiger partial charge in [0.05, 0.1) is 12.1 Å². The van der Waals surface area contributed by atoms with Crippen LogP contribution in [-0.4, -0.2) is 22.2 Å². The van der Waals surface area contributed by atoms with E-state index in [9.17, 15) is 9.90 Å². The first-order valence-corrected chi connectivity index (χ1v) is 6.15. The summed E-state index contributed by atoms with van der Waals surface area (Å²) in [6, 6.07) is 5.38. The fraction of sp³-hybridized carbons (Fsp3) is 0.308. The first-order valence-electron chi connectivity index (χ1n) is 5.78. The van der Waals surface area contributed by atoms with Crippen LogP contribution < -0.4 is 4.74 Å². The van der Waals surface area contributed by atoms with Crippen LogP contribution in [0.15, 0.2) is 18.2 Å². The van der Waals surface area contributed by atoms with Gasteiger partial charge in [-0.05, 0) is 32.0 Å². The number of benzene rings is 1. The number of aromatic carboxylic acids is 1. The van der Waals surface area contributed by atoms with Crippen molar-refractivity contribution in [3.05, 3.63) is 28.9 Å². The molecule has 0 unspecified atom stereocenters. The van der Waals surface area contributed by atoms with Gasteiger partial charge < -0.3 is 14.4 Å². The number of aryl methyl sites for hydroxylation is 1. The van der Waals surface area contributed by atoms with Gasteiger partial charge in [-0.15, -0.1) is 0 Å². The molecule has 0 aliphatic heterocycles. The van der Waals surface area contributed by atoms with E-state index in [1.54, 1.807) is 10.6 Å². The Morgan fingerprint density at radius 2 is 2.17 bits per heavy atom. The molecule has 0 fully saturated rings. The Bertz CT molecular complexity index is 604. The minimum Gasteiger partial charge on any atom is -0.494 e. The third-order valence-electron chi connectivity index (χ3n) is 2.81. The van der Waals surface area contributed by atoms with E-state index in [1.807, 2.05) is 26.0 Å². The highest BCUT2D eigenvalue weighted by Gasteiger charge is 2.20. The Hall–Kier alpha value is -1.68. The maximum absolute atomic E-state index is 11.3. The van der Waals surface area contributed by atoms with Gasteiger partial charge in [0.15, 0.2) is 0 Å². The van der Waals surface area contributed by atoms with E-state index in [2.05, 4.69) is 0 Å². The zero-order valence-corrected chi connectivity index (χ0v) is 11.0. The summed E-state index contributed by atoms with van der Waals surface area (Å²) in [5.74, 6) is -0.372. The number of halogens is 1. The predicted molar refractivity (Wildman–Crippen MR) is 70.8 cm³/mol. The minimum absolute atomic E-state index is 0.134. The standard InChI is InChI=1S/C13H14ClNO3/c1-3-15-10-6-5-8(18-4-2)7-9(10)11(12(15)14)13(16)17/h5-7H,3-4H2,1-2H3,(H,16,17). The summed E-state index contributed by atoms with van der Waals surface area (Å²) in [6.07, 6.45) is 0. The molecule has 2 rings (SSSR count). The zero-order valence-electron chi connectivity index (χ0n) is 10.2. The number of carboxylic acids is 1. The van der Waals surface area contributed by atoms with Gasteiger partial charge in [-0.3, -0.25) is 0 Å². The van der Waals surface area contributed by atoms with Gasteiger partial charge in [-0.25, -0.2) is 4.79 Å². The van der Waals surface area contributed by atoms with E-state index >= 15 is 0 Å². The summed E-state index contributed by atoms with van der Waals surface area (Å²) < 4.78 is 7.16. The topological polar surface area (TPSA) is 51.5 Å². The van der Waals surface area contributed by atoms with E-state index in [1.165, 1.54) is 0 Å². The molecule has 5 heteroatoms. The number of carboxylic acid groups (broad SMARTS) is 1. The molecule has 2 aromatic rings. The average molecular weight is 268 g/mol. The number of ether oxygens (including phenoxy) is 1. The Labute approximate surface area is 110 Å². The van der Waals surface area contributed by atoms with Crippen LogP contribution >= 0.6 is 11.6 Å². The van der Waals surface area contributed by atoms with E-state index in [0.29, 0.717) is 24.3 Å². The van der Waals surface area contributed by atoms with Crippen molar-refractivity contribution in [2.45, 2.75) is 20.4 Å². The second-order valence-electron chi connectivity index (χ2n) is 3.83. The van der Waals surface area contributed by atoms with Crippen LogP contribution in [0.25, 0.3) is 10.9 Å². The molecule has 1 N–H and O–H groups in total. The molecule has 0 radical (unpaired) electrons. The molecule has 0 saturated heterocycles. The molecule has 0 saturated carbocycles. The molecular formula is C13H14ClNO3. The summed E-state index contributed by atoms with van der Waals surface area (Å²) in [7, 11) is 0. The molecule has 4 nitrogen and oxygen atoms in total. The van der Waals surface area contributed by atoms with Crippen LogP contribution in [0.3, 0.4) is 0 Å². The number of aromatic nitrogens is 1. The van der Waals surface area contributed by atoms with Gasteiger partial charge in [-0.1, -0.05) is 11.6 Å². The van der Waals surface area contributed by atoms with Crippen molar-refractivity contribution in [3.8, 4) is 5.75 Å². The molecule has 0 aliphatic rings. The predicted octanol–water partition coefficient (Wildman–Crippen LogP) is 3.41. The van der Waals surface area contributed by atoms with Crippen molar-refractivity contribution in [3.63, 3.8) is 0 Å². The van der Waals surface area contributed by atoms with Crippen molar-refractivity contribution in [1.29, 1.82) is 0 Å². The van der Waals surface area contributed by atoms with E-state index in [-0.39, 0.29) is 10.7 Å². The molecule has 18 heavy (non-hydrogen) atoms. The normalized spacial score (nSPS) is 10.8.